The topological polar surface area (TPSA) is 73.3 Å². The van der Waals surface area contributed by atoms with E-state index < -0.39 is 6.61 Å². The molecule has 1 aliphatic heterocycles. The third-order valence-electron chi connectivity index (χ3n) is 4.29. The Hall–Kier alpha value is -2.13. The van der Waals surface area contributed by atoms with Crippen LogP contribution in [0.3, 0.4) is 0 Å². The third kappa shape index (κ3) is 7.85. The van der Waals surface area contributed by atoms with E-state index in [9.17, 15) is 8.78 Å². The zero-order valence-corrected chi connectivity index (χ0v) is 16.4. The number of benzene rings is 1. The van der Waals surface area contributed by atoms with Crippen LogP contribution in [0.4, 0.5) is 8.78 Å². The van der Waals surface area contributed by atoms with Gasteiger partial charge in [-0.15, -0.1) is 0 Å². The number of halogens is 2. The zero-order valence-electron chi connectivity index (χ0n) is 16.4. The van der Waals surface area contributed by atoms with E-state index in [1.165, 1.54) is 13.2 Å². The van der Waals surface area contributed by atoms with Crippen molar-refractivity contribution in [3.05, 3.63) is 23.8 Å². The molecular weight excluding hydrogens is 372 g/mol. The van der Waals surface area contributed by atoms with Crippen molar-refractivity contribution in [1.29, 1.82) is 0 Å². The first-order chi connectivity index (χ1) is 13.6. The largest absolute Gasteiger partial charge is 0.497 e. The molecule has 1 saturated heterocycles. The Balaban J connectivity index is 1.72. The summed E-state index contributed by atoms with van der Waals surface area (Å²) in [6, 6.07) is 4.69. The highest BCUT2D eigenvalue weighted by Crippen LogP contribution is 2.25. The van der Waals surface area contributed by atoms with Crippen LogP contribution in [0.2, 0.25) is 0 Å². The molecule has 0 radical (unpaired) electrons. The van der Waals surface area contributed by atoms with E-state index in [-0.39, 0.29) is 12.3 Å². The fourth-order valence-corrected chi connectivity index (χ4v) is 2.78. The van der Waals surface area contributed by atoms with Crippen molar-refractivity contribution < 1.29 is 27.7 Å². The van der Waals surface area contributed by atoms with E-state index in [1.807, 2.05) is 0 Å². The third-order valence-corrected chi connectivity index (χ3v) is 4.29. The molecule has 0 saturated carbocycles. The first kappa shape index (κ1) is 22.2. The van der Waals surface area contributed by atoms with Gasteiger partial charge in [-0.2, -0.15) is 8.78 Å². The average molecular weight is 401 g/mol. The van der Waals surface area contributed by atoms with Crippen LogP contribution < -0.4 is 20.1 Å². The summed E-state index contributed by atoms with van der Waals surface area (Å²) in [5.74, 6) is 1.74. The van der Waals surface area contributed by atoms with Gasteiger partial charge in [0.15, 0.2) is 5.96 Å². The lowest BCUT2D eigenvalue weighted by molar-refractivity contribution is -0.0504. The molecule has 1 heterocycles. The number of rotatable bonds is 11. The Bertz CT molecular complexity index is 611. The Morgan fingerprint density at radius 3 is 2.89 bits per heavy atom. The van der Waals surface area contributed by atoms with Gasteiger partial charge in [-0.1, -0.05) is 0 Å². The van der Waals surface area contributed by atoms with Gasteiger partial charge in [0.05, 0.1) is 20.3 Å². The maximum atomic E-state index is 12.6. The molecule has 2 N–H and O–H groups in total. The molecule has 9 heteroatoms. The molecule has 1 fully saturated rings. The van der Waals surface area contributed by atoms with Gasteiger partial charge in [-0.3, -0.25) is 4.99 Å². The predicted octanol–water partition coefficient (Wildman–Crippen LogP) is 2.40. The van der Waals surface area contributed by atoms with E-state index in [2.05, 4.69) is 20.4 Å². The molecule has 28 heavy (non-hydrogen) atoms. The lowest BCUT2D eigenvalue weighted by Crippen LogP contribution is -2.37. The summed E-state index contributed by atoms with van der Waals surface area (Å²) < 4.78 is 45.9. The second-order valence-electron chi connectivity index (χ2n) is 6.36. The van der Waals surface area contributed by atoms with Crippen molar-refractivity contribution in [3.63, 3.8) is 0 Å². The Morgan fingerprint density at radius 2 is 2.21 bits per heavy atom. The molecule has 1 atom stereocenters. The van der Waals surface area contributed by atoms with Crippen LogP contribution >= 0.6 is 0 Å². The van der Waals surface area contributed by atoms with Gasteiger partial charge in [-0.25, -0.2) is 0 Å². The summed E-state index contributed by atoms with van der Waals surface area (Å²) in [5, 5.41) is 6.26. The molecule has 2 rings (SSSR count). The molecule has 158 valence electrons. The molecule has 1 aliphatic rings. The van der Waals surface area contributed by atoms with Gasteiger partial charge in [0, 0.05) is 44.8 Å². The number of aliphatic imine (C=N–C) groups is 1. The number of guanidine groups is 1. The van der Waals surface area contributed by atoms with Crippen molar-refractivity contribution in [2.75, 3.05) is 47.1 Å². The number of nitrogens with one attached hydrogen (secondary N) is 2. The lowest BCUT2D eigenvalue weighted by Gasteiger charge is -2.15. The minimum absolute atomic E-state index is 0.100. The lowest BCUT2D eigenvalue weighted by atomic mass is 10.1. The Labute approximate surface area is 164 Å². The van der Waals surface area contributed by atoms with E-state index >= 15 is 0 Å². The zero-order chi connectivity index (χ0) is 20.2. The van der Waals surface area contributed by atoms with Gasteiger partial charge < -0.3 is 29.6 Å². The minimum atomic E-state index is -2.89. The molecule has 1 unspecified atom stereocenters. The van der Waals surface area contributed by atoms with Crippen LogP contribution in [-0.2, 0) is 16.0 Å². The molecule has 1 aromatic rings. The van der Waals surface area contributed by atoms with Crippen LogP contribution in [0, 0.1) is 5.92 Å². The van der Waals surface area contributed by atoms with Crippen molar-refractivity contribution >= 4 is 5.96 Å². The Morgan fingerprint density at radius 1 is 1.36 bits per heavy atom. The van der Waals surface area contributed by atoms with Crippen molar-refractivity contribution in [2.45, 2.75) is 26.0 Å². The minimum Gasteiger partial charge on any atom is -0.497 e. The fourth-order valence-electron chi connectivity index (χ4n) is 2.78. The number of hydrogen-bond donors (Lipinski definition) is 2. The summed E-state index contributed by atoms with van der Waals surface area (Å²) in [6.07, 6.45) is 1.89. The summed E-state index contributed by atoms with van der Waals surface area (Å²) in [4.78, 5) is 4.13. The molecule has 0 bridgehead atoms. The van der Waals surface area contributed by atoms with E-state index in [0.29, 0.717) is 36.3 Å². The molecule has 7 nitrogen and oxygen atoms in total. The second kappa shape index (κ2) is 12.4. The van der Waals surface area contributed by atoms with Crippen LogP contribution in [0.15, 0.2) is 23.2 Å². The molecule has 0 amide bonds. The number of methoxy groups -OCH3 is 1. The van der Waals surface area contributed by atoms with Crippen LogP contribution in [-0.4, -0.2) is 59.7 Å². The summed E-state index contributed by atoms with van der Waals surface area (Å²) >= 11 is 0. The van der Waals surface area contributed by atoms with Gasteiger partial charge >= 0.3 is 6.61 Å². The highest BCUT2D eigenvalue weighted by atomic mass is 19.3. The first-order valence-electron chi connectivity index (χ1n) is 9.34. The van der Waals surface area contributed by atoms with Crippen LogP contribution in [0.25, 0.3) is 0 Å². The molecule has 1 aromatic carbocycles. The standard InChI is InChI=1S/C19H29F2N3O4/c1-22-19(23-7-3-8-26-12-14-6-9-27-13-14)24-11-15-10-16(25-2)4-5-17(15)28-18(20)21/h4-5,10,14,18H,3,6-9,11-13H2,1-2H3,(H2,22,23,24). The smallest absolute Gasteiger partial charge is 0.387 e. The molecular formula is C19H29F2N3O4. The highest BCUT2D eigenvalue weighted by Gasteiger charge is 2.15. The molecule has 0 aliphatic carbocycles. The van der Waals surface area contributed by atoms with Crippen molar-refractivity contribution in [2.24, 2.45) is 10.9 Å². The number of ether oxygens (including phenoxy) is 4. The van der Waals surface area contributed by atoms with Gasteiger partial charge in [-0.05, 0) is 31.0 Å². The van der Waals surface area contributed by atoms with Crippen molar-refractivity contribution in [1.82, 2.24) is 10.6 Å². The number of hydrogen-bond acceptors (Lipinski definition) is 5. The quantitative estimate of drug-likeness (QED) is 0.337. The number of alkyl halides is 2. The second-order valence-corrected chi connectivity index (χ2v) is 6.36. The first-order valence-corrected chi connectivity index (χ1v) is 9.34. The summed E-state index contributed by atoms with van der Waals surface area (Å²) in [7, 11) is 3.16. The summed E-state index contributed by atoms with van der Waals surface area (Å²) in [5.41, 5.74) is 0.546. The van der Waals surface area contributed by atoms with E-state index in [4.69, 9.17) is 14.2 Å². The van der Waals surface area contributed by atoms with Crippen LogP contribution in [0.1, 0.15) is 18.4 Å². The van der Waals surface area contributed by atoms with Gasteiger partial charge in [0.25, 0.3) is 0 Å². The van der Waals surface area contributed by atoms with E-state index in [1.54, 1.807) is 19.2 Å². The van der Waals surface area contributed by atoms with Crippen LogP contribution in [0.5, 0.6) is 11.5 Å². The fraction of sp³-hybridized carbons (Fsp3) is 0.632. The maximum absolute atomic E-state index is 12.6. The van der Waals surface area contributed by atoms with E-state index in [0.717, 1.165) is 32.7 Å². The molecule has 0 aromatic heterocycles. The maximum Gasteiger partial charge on any atom is 0.387 e. The SMILES string of the molecule is CN=C(NCCCOCC1CCOC1)NCc1cc(OC)ccc1OC(F)F. The average Bonchev–Trinajstić information content (AvgIpc) is 3.20. The molecule has 0 spiro atoms. The van der Waals surface area contributed by atoms with Gasteiger partial charge in [0.2, 0.25) is 0 Å². The summed E-state index contributed by atoms with van der Waals surface area (Å²) in [6.45, 7) is 1.06. The monoisotopic (exact) mass is 401 g/mol. The van der Waals surface area contributed by atoms with Crippen molar-refractivity contribution in [3.8, 4) is 11.5 Å². The Kier molecular flexibility index (Phi) is 9.78. The predicted molar refractivity (Wildman–Crippen MR) is 102 cm³/mol. The normalized spacial score (nSPS) is 17.0. The highest BCUT2D eigenvalue weighted by molar-refractivity contribution is 5.79. The van der Waals surface area contributed by atoms with Gasteiger partial charge in [0.1, 0.15) is 11.5 Å². The number of nitrogens with zero attached hydrogens (tertiary/aromatic N) is 1.